The number of likely N-dealkylation sites (N-methyl/N-ethyl adjacent to an activating group) is 1. The van der Waals surface area contributed by atoms with Crippen molar-refractivity contribution in [1.29, 1.82) is 0 Å². The molecule has 1 aromatic heterocycles. The summed E-state index contributed by atoms with van der Waals surface area (Å²) < 4.78 is 22.5. The van der Waals surface area contributed by atoms with Crippen molar-refractivity contribution in [1.82, 2.24) is 4.98 Å². The molecule has 0 unspecified atom stereocenters. The summed E-state index contributed by atoms with van der Waals surface area (Å²) in [6.07, 6.45) is 1.19. The monoisotopic (exact) mass is 354 g/mol. The number of benzene rings is 1. The Hall–Kier alpha value is -1.97. The molecule has 0 fully saturated rings. The van der Waals surface area contributed by atoms with Crippen LogP contribution in [0.4, 0.5) is 10.8 Å². The fourth-order valence-electron chi connectivity index (χ4n) is 2.03. The van der Waals surface area contributed by atoms with Gasteiger partial charge in [0.1, 0.15) is 0 Å². The van der Waals surface area contributed by atoms with E-state index in [1.54, 1.807) is 11.9 Å². The number of rotatable bonds is 5. The highest BCUT2D eigenvalue weighted by Gasteiger charge is 2.17. The summed E-state index contributed by atoms with van der Waals surface area (Å²) in [5, 5.41) is 8.33. The van der Waals surface area contributed by atoms with Gasteiger partial charge in [-0.2, -0.15) is 0 Å². The number of hydrogen-bond acceptors (Lipinski definition) is 6. The molecule has 0 spiro atoms. The van der Waals surface area contributed by atoms with Crippen LogP contribution in [-0.4, -0.2) is 32.9 Å². The predicted octanol–water partition coefficient (Wildman–Crippen LogP) is 1.48. The molecule has 0 saturated heterocycles. The fraction of sp³-hybridized carbons (Fsp3) is 0.286. The minimum atomic E-state index is -3.77. The van der Waals surface area contributed by atoms with Gasteiger partial charge in [-0.25, -0.2) is 18.5 Å². The molecular weight excluding hydrogens is 336 g/mol. The second kappa shape index (κ2) is 6.65. The molecule has 9 heteroatoms. The van der Waals surface area contributed by atoms with Crippen molar-refractivity contribution in [2.45, 2.75) is 18.1 Å². The summed E-state index contributed by atoms with van der Waals surface area (Å²) in [4.78, 5) is 17.7. The summed E-state index contributed by atoms with van der Waals surface area (Å²) in [5.41, 5.74) is 2.74. The van der Waals surface area contributed by atoms with Crippen molar-refractivity contribution in [3.63, 3.8) is 0 Å². The minimum Gasteiger partial charge on any atom is -0.342 e. The van der Waals surface area contributed by atoms with Crippen LogP contribution in [0.1, 0.15) is 11.1 Å². The van der Waals surface area contributed by atoms with Gasteiger partial charge in [0.15, 0.2) is 9.34 Å². The molecule has 2 aromatic rings. The molecule has 1 aromatic carbocycles. The maximum atomic E-state index is 12.2. The maximum Gasteiger partial charge on any atom is 0.249 e. The average molecular weight is 354 g/mol. The first kappa shape index (κ1) is 17.4. The number of para-hydroxylation sites is 1. The largest absolute Gasteiger partial charge is 0.342 e. The van der Waals surface area contributed by atoms with E-state index >= 15 is 0 Å². The molecule has 1 amide bonds. The zero-order valence-corrected chi connectivity index (χ0v) is 14.7. The SMILES string of the molecule is Cc1cccc(C)c1NC(=O)CN(C)c1ncc(S(N)(=O)=O)s1. The number of anilines is 2. The van der Waals surface area contributed by atoms with Gasteiger partial charge in [-0.15, -0.1) is 0 Å². The highest BCUT2D eigenvalue weighted by atomic mass is 32.2. The number of thiazole rings is 1. The number of nitrogens with zero attached hydrogens (tertiary/aromatic N) is 2. The van der Waals surface area contributed by atoms with E-state index in [0.717, 1.165) is 28.2 Å². The normalized spacial score (nSPS) is 11.3. The van der Waals surface area contributed by atoms with Crippen LogP contribution in [-0.2, 0) is 14.8 Å². The van der Waals surface area contributed by atoms with E-state index in [0.29, 0.717) is 5.13 Å². The van der Waals surface area contributed by atoms with Gasteiger partial charge >= 0.3 is 0 Å². The van der Waals surface area contributed by atoms with Crippen LogP contribution in [0.25, 0.3) is 0 Å². The van der Waals surface area contributed by atoms with Gasteiger partial charge in [-0.05, 0) is 25.0 Å². The molecular formula is C14H18N4O3S2. The Labute approximate surface area is 139 Å². The molecule has 0 bridgehead atoms. The standard InChI is InChI=1S/C14H18N4O3S2/c1-9-5-4-6-10(2)13(9)17-11(19)8-18(3)14-16-7-12(22-14)23(15,20)21/h4-7H,8H2,1-3H3,(H,17,19)(H2,15,20,21). The summed E-state index contributed by atoms with van der Waals surface area (Å²) in [5.74, 6) is -0.211. The fourth-order valence-corrected chi connectivity index (χ4v) is 3.53. The van der Waals surface area contributed by atoms with Gasteiger partial charge < -0.3 is 10.2 Å². The molecule has 0 aliphatic rings. The Morgan fingerprint density at radius 3 is 2.48 bits per heavy atom. The van der Waals surface area contributed by atoms with E-state index < -0.39 is 10.0 Å². The first-order valence-electron chi connectivity index (χ1n) is 6.74. The summed E-state index contributed by atoms with van der Waals surface area (Å²) >= 11 is 0.924. The van der Waals surface area contributed by atoms with Gasteiger partial charge in [0.25, 0.3) is 0 Å². The highest BCUT2D eigenvalue weighted by Crippen LogP contribution is 2.24. The van der Waals surface area contributed by atoms with E-state index in [-0.39, 0.29) is 16.7 Å². The lowest BCUT2D eigenvalue weighted by atomic mass is 10.1. The number of amides is 1. The van der Waals surface area contributed by atoms with E-state index in [4.69, 9.17) is 5.14 Å². The predicted molar refractivity (Wildman–Crippen MR) is 91.3 cm³/mol. The van der Waals surface area contributed by atoms with Crippen molar-refractivity contribution < 1.29 is 13.2 Å². The molecule has 2 rings (SSSR count). The minimum absolute atomic E-state index is 0.0329. The Balaban J connectivity index is 2.07. The van der Waals surface area contributed by atoms with E-state index in [1.165, 1.54) is 6.20 Å². The Morgan fingerprint density at radius 2 is 1.96 bits per heavy atom. The molecule has 1 heterocycles. The third-order valence-electron chi connectivity index (χ3n) is 3.21. The molecule has 7 nitrogen and oxygen atoms in total. The van der Waals surface area contributed by atoms with Gasteiger partial charge in [-0.1, -0.05) is 29.5 Å². The molecule has 124 valence electrons. The molecule has 23 heavy (non-hydrogen) atoms. The maximum absolute atomic E-state index is 12.2. The number of nitrogens with two attached hydrogens (primary N) is 1. The van der Waals surface area contributed by atoms with E-state index in [9.17, 15) is 13.2 Å². The topological polar surface area (TPSA) is 105 Å². The van der Waals surface area contributed by atoms with Crippen molar-refractivity contribution in [2.24, 2.45) is 5.14 Å². The summed E-state index contributed by atoms with van der Waals surface area (Å²) in [6, 6.07) is 5.77. The molecule has 0 atom stereocenters. The molecule has 0 aliphatic heterocycles. The number of aryl methyl sites for hydroxylation is 2. The number of aromatic nitrogens is 1. The van der Waals surface area contributed by atoms with E-state index in [1.807, 2.05) is 32.0 Å². The molecule has 0 radical (unpaired) electrons. The smallest absolute Gasteiger partial charge is 0.249 e. The first-order chi connectivity index (χ1) is 10.7. The van der Waals surface area contributed by atoms with Gasteiger partial charge in [-0.3, -0.25) is 4.79 Å². The summed E-state index contributed by atoms with van der Waals surface area (Å²) in [6.45, 7) is 3.89. The second-order valence-corrected chi connectivity index (χ2v) is 7.98. The number of hydrogen-bond donors (Lipinski definition) is 2. The van der Waals surface area contributed by atoms with Crippen LogP contribution in [0, 0.1) is 13.8 Å². The van der Waals surface area contributed by atoms with Crippen LogP contribution in [0.2, 0.25) is 0 Å². The average Bonchev–Trinajstić information content (AvgIpc) is 2.93. The van der Waals surface area contributed by atoms with Crippen LogP contribution in [0.3, 0.4) is 0 Å². The zero-order chi connectivity index (χ0) is 17.2. The van der Waals surface area contributed by atoms with Crippen LogP contribution < -0.4 is 15.4 Å². The Morgan fingerprint density at radius 1 is 1.35 bits per heavy atom. The number of carbonyl (C=O) groups excluding carboxylic acids is 1. The van der Waals surface area contributed by atoms with Crippen molar-refractivity contribution >= 4 is 38.1 Å². The Bertz CT molecular complexity index is 810. The van der Waals surface area contributed by atoms with Crippen molar-refractivity contribution in [2.75, 3.05) is 23.8 Å². The molecule has 3 N–H and O–H groups in total. The first-order valence-corrected chi connectivity index (χ1v) is 9.10. The lowest BCUT2D eigenvalue weighted by Crippen LogP contribution is -2.30. The number of primary sulfonamides is 1. The van der Waals surface area contributed by atoms with Crippen LogP contribution in [0.5, 0.6) is 0 Å². The molecule has 0 aliphatic carbocycles. The highest BCUT2D eigenvalue weighted by molar-refractivity contribution is 7.91. The van der Waals surface area contributed by atoms with Gasteiger partial charge in [0.05, 0.1) is 12.7 Å². The lowest BCUT2D eigenvalue weighted by Gasteiger charge is -2.17. The van der Waals surface area contributed by atoms with Crippen molar-refractivity contribution in [3.05, 3.63) is 35.5 Å². The third-order valence-corrected chi connectivity index (χ3v) is 5.72. The van der Waals surface area contributed by atoms with Gasteiger partial charge in [0, 0.05) is 12.7 Å². The number of sulfonamides is 1. The third kappa shape index (κ3) is 4.27. The van der Waals surface area contributed by atoms with Gasteiger partial charge in [0.2, 0.25) is 15.9 Å². The van der Waals surface area contributed by atoms with Crippen LogP contribution in [0.15, 0.2) is 28.6 Å². The lowest BCUT2D eigenvalue weighted by molar-refractivity contribution is -0.114. The van der Waals surface area contributed by atoms with Crippen molar-refractivity contribution in [3.8, 4) is 0 Å². The molecule has 0 saturated carbocycles. The summed E-state index contributed by atoms with van der Waals surface area (Å²) in [7, 11) is -2.11. The van der Waals surface area contributed by atoms with E-state index in [2.05, 4.69) is 10.3 Å². The quantitative estimate of drug-likeness (QED) is 0.846. The Kier molecular flexibility index (Phi) is 5.03. The number of carbonyl (C=O) groups is 1. The second-order valence-electron chi connectivity index (χ2n) is 5.18. The zero-order valence-electron chi connectivity index (χ0n) is 13.0. The van der Waals surface area contributed by atoms with Crippen LogP contribution >= 0.6 is 11.3 Å². The number of nitrogens with one attached hydrogen (secondary N) is 1.